The zero-order valence-electron chi connectivity index (χ0n) is 12.8. The molecule has 1 aromatic carbocycles. The number of benzene rings is 1. The Kier molecular flexibility index (Phi) is 4.43. The molecular formula is C17H18N2O4. The molecule has 6 nitrogen and oxygen atoms in total. The summed E-state index contributed by atoms with van der Waals surface area (Å²) in [5, 5.41) is 2.72. The molecule has 0 aliphatic carbocycles. The second-order valence-electron chi connectivity index (χ2n) is 5.44. The van der Waals surface area contributed by atoms with Crippen LogP contribution >= 0.6 is 0 Å². The van der Waals surface area contributed by atoms with Crippen LogP contribution in [0.1, 0.15) is 27.8 Å². The Hall–Kier alpha value is -2.60. The Morgan fingerprint density at radius 1 is 1.26 bits per heavy atom. The molecule has 0 spiro atoms. The van der Waals surface area contributed by atoms with E-state index in [0.717, 1.165) is 0 Å². The van der Waals surface area contributed by atoms with Gasteiger partial charge in [-0.05, 0) is 37.3 Å². The van der Waals surface area contributed by atoms with Crippen LogP contribution in [-0.2, 0) is 4.74 Å². The maximum atomic E-state index is 12.6. The largest absolute Gasteiger partial charge is 0.459 e. The zero-order valence-corrected chi connectivity index (χ0v) is 12.8. The number of nitrogens with zero attached hydrogens (tertiary/aromatic N) is 1. The van der Waals surface area contributed by atoms with Crippen LogP contribution in [0.4, 0.5) is 5.69 Å². The lowest BCUT2D eigenvalue weighted by molar-refractivity contribution is -0.0124. The third kappa shape index (κ3) is 3.60. The minimum atomic E-state index is -0.348. The molecule has 6 heteroatoms. The molecule has 0 saturated carbocycles. The van der Waals surface area contributed by atoms with Crippen molar-refractivity contribution in [2.45, 2.75) is 13.0 Å². The molecule has 2 aromatic rings. The van der Waals surface area contributed by atoms with Crippen molar-refractivity contribution in [2.24, 2.45) is 0 Å². The molecule has 120 valence electrons. The van der Waals surface area contributed by atoms with E-state index in [-0.39, 0.29) is 23.7 Å². The second-order valence-corrected chi connectivity index (χ2v) is 5.44. The SMILES string of the molecule is CC1CN(C(=O)c2cccc(NC(=O)c3ccco3)c2)CCO1. The summed E-state index contributed by atoms with van der Waals surface area (Å²) < 4.78 is 10.5. The molecule has 1 fully saturated rings. The van der Waals surface area contributed by atoms with E-state index in [1.807, 2.05) is 6.92 Å². The predicted molar refractivity (Wildman–Crippen MR) is 84.4 cm³/mol. The summed E-state index contributed by atoms with van der Waals surface area (Å²) in [6.07, 6.45) is 1.48. The Bertz CT molecular complexity index is 696. The summed E-state index contributed by atoms with van der Waals surface area (Å²) in [5.41, 5.74) is 1.09. The smallest absolute Gasteiger partial charge is 0.291 e. The highest BCUT2D eigenvalue weighted by molar-refractivity contribution is 6.03. The highest BCUT2D eigenvalue weighted by Crippen LogP contribution is 2.16. The Morgan fingerprint density at radius 3 is 2.87 bits per heavy atom. The van der Waals surface area contributed by atoms with Gasteiger partial charge in [-0.25, -0.2) is 0 Å². The summed E-state index contributed by atoms with van der Waals surface area (Å²) in [6, 6.07) is 10.1. The standard InChI is InChI=1S/C17H18N2O4/c1-12-11-19(7-9-22-12)17(21)13-4-2-5-14(10-13)18-16(20)15-6-3-8-23-15/h2-6,8,10,12H,7,9,11H2,1H3,(H,18,20). The molecule has 2 amide bonds. The zero-order chi connectivity index (χ0) is 16.2. The van der Waals surface area contributed by atoms with Crippen LogP contribution < -0.4 is 5.32 Å². The van der Waals surface area contributed by atoms with Gasteiger partial charge in [-0.1, -0.05) is 6.07 Å². The maximum absolute atomic E-state index is 12.6. The van der Waals surface area contributed by atoms with Gasteiger partial charge < -0.3 is 19.4 Å². The topological polar surface area (TPSA) is 71.8 Å². The molecule has 1 aliphatic rings. The van der Waals surface area contributed by atoms with E-state index in [1.165, 1.54) is 6.26 Å². The van der Waals surface area contributed by atoms with Gasteiger partial charge in [0, 0.05) is 24.3 Å². The van der Waals surface area contributed by atoms with E-state index < -0.39 is 0 Å². The molecule has 1 aromatic heterocycles. The van der Waals surface area contributed by atoms with Crippen molar-refractivity contribution in [3.63, 3.8) is 0 Å². The number of hydrogen-bond acceptors (Lipinski definition) is 4. The predicted octanol–water partition coefficient (Wildman–Crippen LogP) is 2.39. The number of carbonyl (C=O) groups excluding carboxylic acids is 2. The number of nitrogens with one attached hydrogen (secondary N) is 1. The first-order chi connectivity index (χ1) is 11.1. The van der Waals surface area contributed by atoms with Crippen molar-refractivity contribution in [1.82, 2.24) is 4.90 Å². The first-order valence-electron chi connectivity index (χ1n) is 7.49. The van der Waals surface area contributed by atoms with Crippen LogP contribution in [0, 0.1) is 0 Å². The summed E-state index contributed by atoms with van der Waals surface area (Å²) >= 11 is 0. The summed E-state index contributed by atoms with van der Waals surface area (Å²) in [5.74, 6) is -0.183. The minimum Gasteiger partial charge on any atom is -0.459 e. The van der Waals surface area contributed by atoms with Gasteiger partial charge in [0.25, 0.3) is 11.8 Å². The van der Waals surface area contributed by atoms with Gasteiger partial charge in [0.05, 0.1) is 19.0 Å². The molecule has 23 heavy (non-hydrogen) atoms. The third-order valence-electron chi connectivity index (χ3n) is 3.64. The first-order valence-corrected chi connectivity index (χ1v) is 7.49. The van der Waals surface area contributed by atoms with Crippen molar-refractivity contribution in [3.8, 4) is 0 Å². The third-order valence-corrected chi connectivity index (χ3v) is 3.64. The number of morpholine rings is 1. The number of carbonyl (C=O) groups is 2. The number of furan rings is 1. The molecule has 1 N–H and O–H groups in total. The summed E-state index contributed by atoms with van der Waals surface area (Å²) in [7, 11) is 0. The molecule has 1 unspecified atom stereocenters. The van der Waals surface area contributed by atoms with Crippen molar-refractivity contribution < 1.29 is 18.7 Å². The van der Waals surface area contributed by atoms with Crippen LogP contribution in [0.2, 0.25) is 0 Å². The average molecular weight is 314 g/mol. The van der Waals surface area contributed by atoms with Crippen LogP contribution in [0.15, 0.2) is 47.1 Å². The Morgan fingerprint density at radius 2 is 2.13 bits per heavy atom. The van der Waals surface area contributed by atoms with Gasteiger partial charge in [0.1, 0.15) is 0 Å². The Labute approximate surface area is 134 Å². The molecule has 1 atom stereocenters. The van der Waals surface area contributed by atoms with Gasteiger partial charge in [-0.3, -0.25) is 9.59 Å². The molecule has 0 radical (unpaired) electrons. The van der Waals surface area contributed by atoms with Gasteiger partial charge in [0.2, 0.25) is 0 Å². The molecule has 1 aliphatic heterocycles. The van der Waals surface area contributed by atoms with Gasteiger partial charge in [0.15, 0.2) is 5.76 Å². The fraction of sp³-hybridized carbons (Fsp3) is 0.294. The normalized spacial score (nSPS) is 17.8. The van der Waals surface area contributed by atoms with E-state index in [4.69, 9.17) is 9.15 Å². The number of amides is 2. The van der Waals surface area contributed by atoms with Crippen LogP contribution in [0.3, 0.4) is 0 Å². The molecule has 3 rings (SSSR count). The van der Waals surface area contributed by atoms with Crippen molar-refractivity contribution in [1.29, 1.82) is 0 Å². The quantitative estimate of drug-likeness (QED) is 0.944. The maximum Gasteiger partial charge on any atom is 0.291 e. The summed E-state index contributed by atoms with van der Waals surface area (Å²) in [4.78, 5) is 26.3. The second kappa shape index (κ2) is 6.66. The number of rotatable bonds is 3. The number of ether oxygens (including phenoxy) is 1. The van der Waals surface area contributed by atoms with E-state index in [1.54, 1.807) is 41.3 Å². The van der Waals surface area contributed by atoms with Crippen molar-refractivity contribution in [2.75, 3.05) is 25.0 Å². The lowest BCUT2D eigenvalue weighted by Gasteiger charge is -2.31. The highest BCUT2D eigenvalue weighted by Gasteiger charge is 2.22. The fourth-order valence-electron chi connectivity index (χ4n) is 2.52. The first kappa shape index (κ1) is 15.3. The average Bonchev–Trinajstić information content (AvgIpc) is 3.09. The monoisotopic (exact) mass is 314 g/mol. The van der Waals surface area contributed by atoms with Crippen LogP contribution in [-0.4, -0.2) is 42.5 Å². The van der Waals surface area contributed by atoms with Gasteiger partial charge in [-0.15, -0.1) is 0 Å². The summed E-state index contributed by atoms with van der Waals surface area (Å²) in [6.45, 7) is 3.63. The van der Waals surface area contributed by atoms with Gasteiger partial charge >= 0.3 is 0 Å². The van der Waals surface area contributed by atoms with E-state index in [0.29, 0.717) is 30.9 Å². The van der Waals surface area contributed by atoms with E-state index in [2.05, 4.69) is 5.32 Å². The lowest BCUT2D eigenvalue weighted by Crippen LogP contribution is -2.44. The number of hydrogen-bond donors (Lipinski definition) is 1. The molecule has 2 heterocycles. The lowest BCUT2D eigenvalue weighted by atomic mass is 10.1. The molecule has 0 bridgehead atoms. The fourth-order valence-corrected chi connectivity index (χ4v) is 2.52. The number of anilines is 1. The molecular weight excluding hydrogens is 296 g/mol. The van der Waals surface area contributed by atoms with Gasteiger partial charge in [-0.2, -0.15) is 0 Å². The van der Waals surface area contributed by atoms with Crippen molar-refractivity contribution >= 4 is 17.5 Å². The van der Waals surface area contributed by atoms with E-state index >= 15 is 0 Å². The highest BCUT2D eigenvalue weighted by atomic mass is 16.5. The van der Waals surface area contributed by atoms with Crippen molar-refractivity contribution in [3.05, 3.63) is 54.0 Å². The van der Waals surface area contributed by atoms with Crippen LogP contribution in [0.5, 0.6) is 0 Å². The Balaban J connectivity index is 1.72. The van der Waals surface area contributed by atoms with E-state index in [9.17, 15) is 9.59 Å². The minimum absolute atomic E-state index is 0.0366. The van der Waals surface area contributed by atoms with Crippen LogP contribution in [0.25, 0.3) is 0 Å². The molecule has 1 saturated heterocycles.